The zero-order valence-electron chi connectivity index (χ0n) is 3.48. The maximum Gasteiger partial charge on any atom is 0.0796 e. The van der Waals surface area contributed by atoms with Gasteiger partial charge in [-0.3, -0.25) is 0 Å². The third-order valence-corrected chi connectivity index (χ3v) is 0.574. The molecule has 0 aliphatic heterocycles. The highest BCUT2D eigenvalue weighted by molar-refractivity contribution is 4.76. The van der Waals surface area contributed by atoms with Gasteiger partial charge in [0.25, 0.3) is 0 Å². The van der Waals surface area contributed by atoms with Gasteiger partial charge in [0.05, 0.1) is 17.7 Å². The van der Waals surface area contributed by atoms with E-state index in [1.165, 1.54) is 12.4 Å². The van der Waals surface area contributed by atoms with Crippen molar-refractivity contribution in [3.63, 3.8) is 0 Å². The molecule has 4 nitrogen and oxygen atoms in total. The predicted molar refractivity (Wildman–Crippen MR) is 23.4 cm³/mol. The van der Waals surface area contributed by atoms with Crippen LogP contribution in [0.15, 0.2) is 23.7 Å². The van der Waals surface area contributed by atoms with Crippen LogP contribution in [-0.4, -0.2) is 9.89 Å². The number of rotatable bonds is 1. The quantitative estimate of drug-likeness (QED) is 0.476. The Morgan fingerprint density at radius 3 is 2.86 bits per heavy atom. The molecule has 1 aromatic heterocycles. The molecule has 1 heterocycles. The fraction of sp³-hybridized carbons (Fsp3) is 0. The van der Waals surface area contributed by atoms with E-state index in [1.54, 1.807) is 6.07 Å². The number of nitrogens with zero attached hydrogens (tertiary/aromatic N) is 3. The SMILES string of the molecule is O=Nn1cccn1. The number of hydrogen-bond acceptors (Lipinski definition) is 3. The molecule has 0 fully saturated rings. The minimum atomic E-state index is 0.944. The molecule has 0 saturated heterocycles. The average Bonchev–Trinajstić information content (AvgIpc) is 2.14. The minimum Gasteiger partial charge on any atom is -0.156 e. The summed E-state index contributed by atoms with van der Waals surface area (Å²) in [6, 6.07) is 1.63. The van der Waals surface area contributed by atoms with Gasteiger partial charge in [0.2, 0.25) is 0 Å². The first-order chi connectivity index (χ1) is 3.43. The van der Waals surface area contributed by atoms with Crippen LogP contribution in [0.5, 0.6) is 0 Å². The Morgan fingerprint density at radius 1 is 1.71 bits per heavy atom. The summed E-state index contributed by atoms with van der Waals surface area (Å²) in [4.78, 5) is 10.5. The monoisotopic (exact) mass is 97.0 g/mol. The van der Waals surface area contributed by atoms with Crippen LogP contribution in [0.4, 0.5) is 0 Å². The van der Waals surface area contributed by atoms with Crippen molar-refractivity contribution >= 4 is 0 Å². The standard InChI is InChI=1S/C3H3N3O/c7-5-6-3-1-2-4-6/h1-3H. The van der Waals surface area contributed by atoms with Crippen LogP contribution < -0.4 is 0 Å². The van der Waals surface area contributed by atoms with E-state index in [4.69, 9.17) is 0 Å². The lowest BCUT2D eigenvalue weighted by molar-refractivity contribution is 0.733. The smallest absolute Gasteiger partial charge is 0.0796 e. The molecular formula is C3H3N3O. The Bertz CT molecular complexity index is 145. The third kappa shape index (κ3) is 0.623. The molecule has 1 rings (SSSR count). The van der Waals surface area contributed by atoms with Crippen molar-refractivity contribution in [2.75, 3.05) is 0 Å². The summed E-state index contributed by atoms with van der Waals surface area (Å²) < 4.78 is 0. The van der Waals surface area contributed by atoms with E-state index in [1.807, 2.05) is 0 Å². The molecule has 7 heavy (non-hydrogen) atoms. The second-order valence-corrected chi connectivity index (χ2v) is 1.01. The molecular weight excluding hydrogens is 94.1 g/mol. The number of hydrogen-bond donors (Lipinski definition) is 0. The maximum absolute atomic E-state index is 9.52. The van der Waals surface area contributed by atoms with Gasteiger partial charge in [0.1, 0.15) is 0 Å². The van der Waals surface area contributed by atoms with Crippen LogP contribution in [0.2, 0.25) is 0 Å². The Kier molecular flexibility index (Phi) is 0.856. The largest absolute Gasteiger partial charge is 0.156 e. The lowest BCUT2D eigenvalue weighted by Crippen LogP contribution is -1.82. The summed E-state index contributed by atoms with van der Waals surface area (Å²) in [6.07, 6.45) is 2.95. The molecule has 0 saturated carbocycles. The van der Waals surface area contributed by atoms with E-state index in [-0.39, 0.29) is 0 Å². The maximum atomic E-state index is 9.52. The minimum absolute atomic E-state index is 0.944. The molecule has 0 spiro atoms. The molecule has 0 unspecified atom stereocenters. The van der Waals surface area contributed by atoms with Crippen LogP contribution in [0.1, 0.15) is 0 Å². The Morgan fingerprint density at radius 2 is 2.57 bits per heavy atom. The molecule has 36 valence electrons. The molecule has 0 bridgehead atoms. The average molecular weight is 97.1 g/mol. The van der Waals surface area contributed by atoms with E-state index in [0.29, 0.717) is 0 Å². The van der Waals surface area contributed by atoms with Gasteiger partial charge in [0, 0.05) is 0 Å². The van der Waals surface area contributed by atoms with Crippen molar-refractivity contribution in [1.82, 2.24) is 9.89 Å². The summed E-state index contributed by atoms with van der Waals surface area (Å²) in [5.74, 6) is 0. The third-order valence-electron chi connectivity index (χ3n) is 0.574. The highest BCUT2D eigenvalue weighted by Crippen LogP contribution is 1.78. The van der Waals surface area contributed by atoms with E-state index in [9.17, 15) is 4.91 Å². The Balaban J connectivity index is 2.96. The molecule has 0 aliphatic carbocycles. The van der Waals surface area contributed by atoms with Gasteiger partial charge in [-0.2, -0.15) is 5.10 Å². The number of aromatic nitrogens is 2. The zero-order chi connectivity index (χ0) is 5.11. The fourth-order valence-corrected chi connectivity index (χ4v) is 0.309. The van der Waals surface area contributed by atoms with Gasteiger partial charge in [-0.25, -0.2) is 0 Å². The van der Waals surface area contributed by atoms with Crippen LogP contribution in [0.3, 0.4) is 0 Å². The van der Waals surface area contributed by atoms with Crippen molar-refractivity contribution in [2.45, 2.75) is 0 Å². The van der Waals surface area contributed by atoms with E-state index >= 15 is 0 Å². The number of nitroso groups, excluding NO2 is 1. The van der Waals surface area contributed by atoms with E-state index in [0.717, 1.165) is 4.79 Å². The highest BCUT2D eigenvalue weighted by atomic mass is 16.3. The van der Waals surface area contributed by atoms with Gasteiger partial charge in [-0.15, -0.1) is 9.70 Å². The Labute approximate surface area is 39.7 Å². The fourth-order valence-electron chi connectivity index (χ4n) is 0.309. The van der Waals surface area contributed by atoms with Crippen molar-refractivity contribution in [3.05, 3.63) is 23.4 Å². The summed E-state index contributed by atoms with van der Waals surface area (Å²) in [7, 11) is 0. The van der Waals surface area contributed by atoms with Crippen LogP contribution in [-0.2, 0) is 0 Å². The van der Waals surface area contributed by atoms with Gasteiger partial charge < -0.3 is 0 Å². The highest BCUT2D eigenvalue weighted by Gasteiger charge is 1.78. The first kappa shape index (κ1) is 3.98. The van der Waals surface area contributed by atoms with Crippen LogP contribution in [0, 0.1) is 4.91 Å². The van der Waals surface area contributed by atoms with Crippen LogP contribution in [0.25, 0.3) is 0 Å². The topological polar surface area (TPSA) is 47.2 Å². The molecule has 0 radical (unpaired) electrons. The molecule has 0 aliphatic rings. The Hall–Kier alpha value is -1.19. The lowest BCUT2D eigenvalue weighted by Gasteiger charge is -1.73. The second-order valence-electron chi connectivity index (χ2n) is 1.01. The van der Waals surface area contributed by atoms with Crippen LogP contribution >= 0.6 is 0 Å². The normalized spacial score (nSPS) is 8.57. The van der Waals surface area contributed by atoms with Crippen molar-refractivity contribution in [3.8, 4) is 0 Å². The van der Waals surface area contributed by atoms with Crippen molar-refractivity contribution in [2.24, 2.45) is 5.29 Å². The summed E-state index contributed by atoms with van der Waals surface area (Å²) in [5, 5.41) is 5.96. The molecule has 0 atom stereocenters. The van der Waals surface area contributed by atoms with E-state index in [2.05, 4.69) is 10.4 Å². The van der Waals surface area contributed by atoms with Gasteiger partial charge >= 0.3 is 0 Å². The van der Waals surface area contributed by atoms with Gasteiger partial charge in [-0.1, -0.05) is 0 Å². The second kappa shape index (κ2) is 1.51. The van der Waals surface area contributed by atoms with Crippen molar-refractivity contribution in [1.29, 1.82) is 0 Å². The van der Waals surface area contributed by atoms with E-state index < -0.39 is 0 Å². The predicted octanol–water partition coefficient (Wildman–Crippen LogP) is 0.413. The first-order valence-corrected chi connectivity index (χ1v) is 1.77. The zero-order valence-corrected chi connectivity index (χ0v) is 3.48. The van der Waals surface area contributed by atoms with Crippen molar-refractivity contribution < 1.29 is 0 Å². The van der Waals surface area contributed by atoms with Gasteiger partial charge in [0.15, 0.2) is 0 Å². The molecule has 1 aromatic rings. The molecule has 0 amide bonds. The summed E-state index contributed by atoms with van der Waals surface area (Å²) in [6.45, 7) is 0. The molecule has 0 N–H and O–H groups in total. The molecule has 4 heteroatoms. The summed E-state index contributed by atoms with van der Waals surface area (Å²) >= 11 is 0. The molecule has 0 aromatic carbocycles. The van der Waals surface area contributed by atoms with Gasteiger partial charge in [-0.05, 0) is 6.07 Å². The lowest BCUT2D eigenvalue weighted by atomic mass is 10.8. The first-order valence-electron chi connectivity index (χ1n) is 1.77. The summed E-state index contributed by atoms with van der Waals surface area (Å²) in [5.41, 5.74) is 0.